The molecule has 3 heterocycles. The number of carbonyl (C=O) groups is 6. The lowest BCUT2D eigenvalue weighted by molar-refractivity contribution is -0.125. The molecule has 3 aliphatic heterocycles. The van der Waals surface area contributed by atoms with E-state index in [1.54, 1.807) is 0 Å². The number of hydrogen-bond acceptors (Lipinski definition) is 6. The molecule has 3 N–H and O–H groups in total. The van der Waals surface area contributed by atoms with Crippen molar-refractivity contribution in [1.82, 2.24) is 16.0 Å². The summed E-state index contributed by atoms with van der Waals surface area (Å²) in [6, 6.07) is 12.0. The summed E-state index contributed by atoms with van der Waals surface area (Å²) < 4.78 is 0. The Morgan fingerprint density at radius 2 is 0.481 bits per heavy atom. The first-order valence-electron chi connectivity index (χ1n) is 7.46. The molecule has 6 amide bonds. The molecule has 0 unspecified atom stereocenters. The van der Waals surface area contributed by atoms with Crippen LogP contribution in [0.2, 0.25) is 0 Å². The Kier molecular flexibility index (Phi) is 8.84. The molecular weight excluding hydrogens is 354 g/mol. The predicted octanol–water partition coefficient (Wildman–Crippen LogP) is -0.716. The van der Waals surface area contributed by atoms with Gasteiger partial charge in [0, 0.05) is 36.5 Å². The third-order valence-electron chi connectivity index (χ3n) is 2.56. The monoisotopic (exact) mass is 369 g/mol. The molecule has 27 heavy (non-hydrogen) atoms. The Labute approximate surface area is 153 Å². The molecule has 0 bridgehead atoms. The van der Waals surface area contributed by atoms with Crippen LogP contribution >= 0.6 is 0 Å². The van der Waals surface area contributed by atoms with Crippen LogP contribution in [-0.4, -0.2) is 35.4 Å². The Bertz CT molecular complexity index is 664. The fourth-order valence-corrected chi connectivity index (χ4v) is 1.45. The van der Waals surface area contributed by atoms with E-state index in [1.165, 1.54) is 36.5 Å². The maximum absolute atomic E-state index is 10.0. The molecule has 9 nitrogen and oxygen atoms in total. The molecule has 0 saturated heterocycles. The summed E-state index contributed by atoms with van der Waals surface area (Å²) in [5.41, 5.74) is 0. The third-order valence-corrected chi connectivity index (χ3v) is 2.56. The highest BCUT2D eigenvalue weighted by atomic mass is 16.2. The number of amides is 6. The van der Waals surface area contributed by atoms with Gasteiger partial charge in [0.05, 0.1) is 0 Å². The van der Waals surface area contributed by atoms with E-state index in [-0.39, 0.29) is 35.4 Å². The first-order chi connectivity index (χ1) is 12.9. The number of carbonyl (C=O) groups excluding carboxylic acids is 6. The van der Waals surface area contributed by atoms with Crippen molar-refractivity contribution in [2.24, 2.45) is 0 Å². The van der Waals surface area contributed by atoms with Gasteiger partial charge in [0.25, 0.3) is 35.4 Å². The third kappa shape index (κ3) is 10.4. The Hall–Kier alpha value is -4.14. The predicted molar refractivity (Wildman–Crippen MR) is 93.3 cm³/mol. The van der Waals surface area contributed by atoms with Crippen LogP contribution in [0.5, 0.6) is 0 Å². The van der Waals surface area contributed by atoms with Crippen molar-refractivity contribution in [3.05, 3.63) is 72.9 Å². The van der Waals surface area contributed by atoms with Gasteiger partial charge < -0.3 is 0 Å². The second kappa shape index (κ2) is 11.4. The van der Waals surface area contributed by atoms with Crippen LogP contribution in [-0.2, 0) is 28.8 Å². The summed E-state index contributed by atoms with van der Waals surface area (Å²) in [6.45, 7) is 0. The molecule has 138 valence electrons. The van der Waals surface area contributed by atoms with Gasteiger partial charge in [0.15, 0.2) is 0 Å². The normalized spacial score (nSPS) is 15.6. The zero-order chi connectivity index (χ0) is 20.1. The first-order valence-corrected chi connectivity index (χ1v) is 7.46. The molecule has 4 rings (SSSR count). The molecule has 0 saturated carbocycles. The zero-order valence-corrected chi connectivity index (χ0v) is 13.9. The van der Waals surface area contributed by atoms with E-state index in [0.717, 1.165) is 0 Å². The molecule has 0 aliphatic carbocycles. The summed E-state index contributed by atoms with van der Waals surface area (Å²) in [5, 5.41) is 6.08. The molecule has 3 aliphatic rings. The Morgan fingerprint density at radius 1 is 0.333 bits per heavy atom. The van der Waals surface area contributed by atoms with Crippen molar-refractivity contribution < 1.29 is 28.8 Å². The van der Waals surface area contributed by atoms with Gasteiger partial charge in [-0.05, 0) is 0 Å². The smallest absolute Gasteiger partial charge is 0.250 e. The first kappa shape index (κ1) is 20.9. The second-order valence-electron chi connectivity index (χ2n) is 4.72. The van der Waals surface area contributed by atoms with Gasteiger partial charge in [-0.15, -0.1) is 0 Å². The van der Waals surface area contributed by atoms with Crippen LogP contribution in [0.1, 0.15) is 0 Å². The van der Waals surface area contributed by atoms with Gasteiger partial charge in [-0.3, -0.25) is 44.7 Å². The number of nitrogens with one attached hydrogen (secondary N) is 3. The lowest BCUT2D eigenvalue weighted by Gasteiger charge is -1.80. The van der Waals surface area contributed by atoms with Gasteiger partial charge in [-0.1, -0.05) is 36.4 Å². The highest BCUT2D eigenvalue weighted by molar-refractivity contribution is 6.13. The molecule has 0 fully saturated rings. The second-order valence-corrected chi connectivity index (χ2v) is 4.72. The molecule has 9 heteroatoms. The number of rotatable bonds is 0. The zero-order valence-electron chi connectivity index (χ0n) is 13.9. The van der Waals surface area contributed by atoms with Gasteiger partial charge in [0.1, 0.15) is 0 Å². The number of hydrogen-bond donors (Lipinski definition) is 3. The SMILES string of the molecule is O=C1C=CC(=O)N1.O=C1C=CC(=O)N1.O=C1C=CC(=O)N1.c1ccccc1. The minimum Gasteiger partial charge on any atom is -0.289 e. The van der Waals surface area contributed by atoms with E-state index in [0.29, 0.717) is 0 Å². The lowest BCUT2D eigenvalue weighted by atomic mass is 10.4. The topological polar surface area (TPSA) is 139 Å². The fraction of sp³-hybridized carbons (Fsp3) is 0. The van der Waals surface area contributed by atoms with Gasteiger partial charge >= 0.3 is 0 Å². The van der Waals surface area contributed by atoms with Gasteiger partial charge in [-0.25, -0.2) is 0 Å². The average molecular weight is 369 g/mol. The summed E-state index contributed by atoms with van der Waals surface area (Å²) in [7, 11) is 0. The lowest BCUT2D eigenvalue weighted by Crippen LogP contribution is -2.19. The van der Waals surface area contributed by atoms with Crippen molar-refractivity contribution >= 4 is 35.4 Å². The van der Waals surface area contributed by atoms with E-state index < -0.39 is 0 Å². The van der Waals surface area contributed by atoms with E-state index in [9.17, 15) is 28.8 Å². The van der Waals surface area contributed by atoms with Crippen molar-refractivity contribution in [2.75, 3.05) is 0 Å². The van der Waals surface area contributed by atoms with E-state index in [1.807, 2.05) is 52.3 Å². The summed E-state index contributed by atoms with van der Waals surface area (Å²) >= 11 is 0. The van der Waals surface area contributed by atoms with E-state index in [4.69, 9.17) is 0 Å². The van der Waals surface area contributed by atoms with Crippen LogP contribution in [0.15, 0.2) is 72.9 Å². The molecule has 0 radical (unpaired) electrons. The van der Waals surface area contributed by atoms with Crippen LogP contribution in [0.25, 0.3) is 0 Å². The van der Waals surface area contributed by atoms with Crippen LogP contribution in [0.3, 0.4) is 0 Å². The number of imide groups is 3. The minimum absolute atomic E-state index is 0.329. The number of benzene rings is 1. The summed E-state index contributed by atoms with van der Waals surface area (Å²) in [6.07, 6.45) is 7.18. The quantitative estimate of drug-likeness (QED) is 0.516. The van der Waals surface area contributed by atoms with Crippen molar-refractivity contribution in [2.45, 2.75) is 0 Å². The molecule has 0 aromatic heterocycles. The highest BCUT2D eigenvalue weighted by Crippen LogP contribution is 1.83. The Morgan fingerprint density at radius 3 is 0.556 bits per heavy atom. The minimum atomic E-state index is -0.329. The maximum Gasteiger partial charge on any atom is 0.250 e. The van der Waals surface area contributed by atoms with E-state index in [2.05, 4.69) is 0 Å². The molecule has 0 spiro atoms. The highest BCUT2D eigenvalue weighted by Gasteiger charge is 2.08. The fourth-order valence-electron chi connectivity index (χ4n) is 1.45. The van der Waals surface area contributed by atoms with E-state index >= 15 is 0 Å². The largest absolute Gasteiger partial charge is 0.289 e. The summed E-state index contributed by atoms with van der Waals surface area (Å²) in [4.78, 5) is 60.2. The van der Waals surface area contributed by atoms with Crippen molar-refractivity contribution in [1.29, 1.82) is 0 Å². The standard InChI is InChI=1S/C6H6.3C4H3NO2/c1-2-4-6-5-3-1;3*6-3-1-2-4(7)5-3/h1-6H;3*1-2H,(H,5,6,7). The molecule has 1 aromatic rings. The molecular formula is C18H15N3O6. The van der Waals surface area contributed by atoms with Gasteiger partial charge in [-0.2, -0.15) is 0 Å². The molecule has 1 aromatic carbocycles. The van der Waals surface area contributed by atoms with Crippen LogP contribution in [0, 0.1) is 0 Å². The van der Waals surface area contributed by atoms with Crippen molar-refractivity contribution in [3.8, 4) is 0 Å². The average Bonchev–Trinajstić information content (AvgIpc) is 3.33. The van der Waals surface area contributed by atoms with Crippen LogP contribution < -0.4 is 16.0 Å². The van der Waals surface area contributed by atoms with Crippen molar-refractivity contribution in [3.63, 3.8) is 0 Å². The maximum atomic E-state index is 10.0. The van der Waals surface area contributed by atoms with Gasteiger partial charge in [0.2, 0.25) is 0 Å². The van der Waals surface area contributed by atoms with Crippen LogP contribution in [0.4, 0.5) is 0 Å². The summed E-state index contributed by atoms with van der Waals surface area (Å²) in [5.74, 6) is -1.97. The molecule has 0 atom stereocenters. The Balaban J connectivity index is 0.000000180.